The van der Waals surface area contributed by atoms with Crippen molar-refractivity contribution in [3.05, 3.63) is 167 Å². The van der Waals surface area contributed by atoms with E-state index < -0.39 is 36.1 Å². The summed E-state index contributed by atoms with van der Waals surface area (Å²) in [5, 5.41) is 15.9. The molecule has 12 heteroatoms. The number of carboxylic acids is 1. The maximum absolute atomic E-state index is 14.2. The van der Waals surface area contributed by atoms with Crippen molar-refractivity contribution in [3.8, 4) is 11.1 Å². The molecule has 1 aliphatic carbocycles. The number of hydrogen-bond donors (Lipinski definition) is 5. The summed E-state index contributed by atoms with van der Waals surface area (Å²) in [6, 6.07) is 44.0. The van der Waals surface area contributed by atoms with Gasteiger partial charge < -0.3 is 36.8 Å². The van der Waals surface area contributed by atoms with E-state index in [4.69, 9.17) is 16.2 Å². The number of guanidine groups is 1. The van der Waals surface area contributed by atoms with Gasteiger partial charge in [-0.25, -0.2) is 4.79 Å². The molecular formula is C45H46N6O6. The van der Waals surface area contributed by atoms with Gasteiger partial charge in [-0.2, -0.15) is 0 Å². The molecule has 7 N–H and O–H groups in total. The van der Waals surface area contributed by atoms with Crippen LogP contribution in [0.3, 0.4) is 0 Å². The zero-order chi connectivity index (χ0) is 40.2. The normalized spacial score (nSPS) is 12.4. The summed E-state index contributed by atoms with van der Waals surface area (Å²) >= 11 is 0. The van der Waals surface area contributed by atoms with Gasteiger partial charge in [0.1, 0.15) is 18.7 Å². The van der Waals surface area contributed by atoms with Crippen LogP contribution < -0.4 is 22.1 Å². The van der Waals surface area contributed by atoms with Gasteiger partial charge in [-0.3, -0.25) is 19.4 Å². The Kier molecular flexibility index (Phi) is 13.0. The quantitative estimate of drug-likeness (QED) is 0.0475. The van der Waals surface area contributed by atoms with Crippen LogP contribution in [-0.2, 0) is 24.7 Å². The van der Waals surface area contributed by atoms with Crippen molar-refractivity contribution in [1.82, 2.24) is 15.5 Å². The largest absolute Gasteiger partial charge is 0.480 e. The first-order valence-corrected chi connectivity index (χ1v) is 18.8. The van der Waals surface area contributed by atoms with Crippen molar-refractivity contribution < 1.29 is 29.0 Å². The molecule has 292 valence electrons. The lowest BCUT2D eigenvalue weighted by molar-refractivity contribution is -0.144. The Morgan fingerprint density at radius 3 is 1.70 bits per heavy atom. The van der Waals surface area contributed by atoms with Gasteiger partial charge in [0.25, 0.3) is 0 Å². The van der Waals surface area contributed by atoms with E-state index in [0.29, 0.717) is 0 Å². The van der Waals surface area contributed by atoms with Crippen molar-refractivity contribution in [1.29, 1.82) is 0 Å². The summed E-state index contributed by atoms with van der Waals surface area (Å²) in [6.45, 7) is -0.873. The van der Waals surface area contributed by atoms with Gasteiger partial charge in [-0.15, -0.1) is 0 Å². The van der Waals surface area contributed by atoms with Crippen LogP contribution in [0.25, 0.3) is 11.1 Å². The Morgan fingerprint density at radius 2 is 1.21 bits per heavy atom. The standard InChI is InChI=1S/C45H46N6O6/c46-43(47)48-27-26-41(53)51(29-42(54)55)28-34(49-44(56)57-30-39-37-22-12-10-20-35(37)36-21-11-13-23-38(36)39)24-25-40(52)50-45(31-14-4-1-5-15-31,32-16-6-2-7-17-32)33-18-8-3-9-19-33/h1-23,34,39H,24-30H2,(H,49,56)(H,50,52)(H,54,55)(H4,46,47,48)/t34-/m0/s1. The highest BCUT2D eigenvalue weighted by molar-refractivity contribution is 5.83. The van der Waals surface area contributed by atoms with Gasteiger partial charge >= 0.3 is 12.1 Å². The molecule has 0 aromatic heterocycles. The topological polar surface area (TPSA) is 189 Å². The molecule has 5 aromatic rings. The number of alkyl carbamates (subject to hydrolysis) is 1. The minimum Gasteiger partial charge on any atom is -0.480 e. The molecule has 0 fully saturated rings. The fourth-order valence-electron chi connectivity index (χ4n) is 7.50. The molecule has 0 unspecified atom stereocenters. The minimum absolute atomic E-state index is 0.0388. The molecule has 0 aliphatic heterocycles. The molecule has 0 heterocycles. The number of fused-ring (bicyclic) bond motifs is 3. The lowest BCUT2D eigenvalue weighted by atomic mass is 9.77. The van der Waals surface area contributed by atoms with Gasteiger partial charge in [0.15, 0.2) is 5.96 Å². The number of hydrogen-bond acceptors (Lipinski definition) is 6. The van der Waals surface area contributed by atoms with E-state index in [1.165, 1.54) is 0 Å². The Bertz CT molecular complexity index is 2050. The molecular weight excluding hydrogens is 721 g/mol. The number of amides is 3. The SMILES string of the molecule is NC(N)=NCCC(=O)N(CC(=O)O)C[C@H](CCC(=O)NC(c1ccccc1)(c1ccccc1)c1ccccc1)NC(=O)OCC1c2ccccc2-c2ccccc21. The molecule has 1 aliphatic rings. The molecule has 3 amide bonds. The van der Waals surface area contributed by atoms with Crippen LogP contribution in [0, 0.1) is 0 Å². The number of nitrogens with one attached hydrogen (secondary N) is 2. The molecule has 0 bridgehead atoms. The van der Waals surface area contributed by atoms with Gasteiger partial charge in [-0.05, 0) is 45.4 Å². The van der Waals surface area contributed by atoms with Gasteiger partial charge in [0.05, 0.1) is 12.6 Å². The first kappa shape index (κ1) is 39.7. The number of carboxylic acid groups (broad SMARTS) is 1. The zero-order valence-electron chi connectivity index (χ0n) is 31.4. The highest BCUT2D eigenvalue weighted by Crippen LogP contribution is 2.44. The van der Waals surface area contributed by atoms with Crippen molar-refractivity contribution in [3.63, 3.8) is 0 Å². The van der Waals surface area contributed by atoms with Crippen LogP contribution in [-0.4, -0.2) is 72.1 Å². The van der Waals surface area contributed by atoms with E-state index in [2.05, 4.69) is 15.6 Å². The third kappa shape index (κ3) is 9.65. The van der Waals surface area contributed by atoms with Crippen LogP contribution in [0.1, 0.15) is 53.0 Å². The van der Waals surface area contributed by atoms with E-state index in [1.807, 2.05) is 140 Å². The Hall–Kier alpha value is -6.95. The first-order valence-electron chi connectivity index (χ1n) is 18.8. The molecule has 1 atom stereocenters. The van der Waals surface area contributed by atoms with E-state index in [-0.39, 0.29) is 56.7 Å². The second kappa shape index (κ2) is 18.6. The smallest absolute Gasteiger partial charge is 0.407 e. The van der Waals surface area contributed by atoms with Crippen molar-refractivity contribution >= 4 is 29.8 Å². The van der Waals surface area contributed by atoms with Crippen LogP contribution in [0.2, 0.25) is 0 Å². The summed E-state index contributed by atoms with van der Waals surface area (Å²) in [5.41, 5.74) is 16.5. The number of carbonyl (C=O) groups is 4. The summed E-state index contributed by atoms with van der Waals surface area (Å²) < 4.78 is 5.83. The van der Waals surface area contributed by atoms with Gasteiger partial charge in [0, 0.05) is 25.3 Å². The molecule has 6 rings (SSSR count). The van der Waals surface area contributed by atoms with E-state index in [0.717, 1.165) is 43.8 Å². The van der Waals surface area contributed by atoms with Gasteiger partial charge in [0.2, 0.25) is 11.8 Å². The van der Waals surface area contributed by atoms with Crippen LogP contribution in [0.15, 0.2) is 145 Å². The fourth-order valence-corrected chi connectivity index (χ4v) is 7.50. The average Bonchev–Trinajstić information content (AvgIpc) is 3.55. The number of benzene rings is 5. The summed E-state index contributed by atoms with van der Waals surface area (Å²) in [4.78, 5) is 58.0. The van der Waals surface area contributed by atoms with Crippen LogP contribution in [0.5, 0.6) is 0 Å². The average molecular weight is 767 g/mol. The maximum atomic E-state index is 14.2. The maximum Gasteiger partial charge on any atom is 0.407 e. The zero-order valence-corrected chi connectivity index (χ0v) is 31.4. The Labute approximate surface area is 331 Å². The fraction of sp³-hybridized carbons (Fsp3) is 0.222. The summed E-state index contributed by atoms with van der Waals surface area (Å²) in [6.07, 6.45) is -0.984. The number of aliphatic carboxylic acids is 1. The second-order valence-corrected chi connectivity index (χ2v) is 13.8. The minimum atomic E-state index is -1.25. The van der Waals surface area contributed by atoms with Crippen LogP contribution in [0.4, 0.5) is 4.79 Å². The number of ether oxygens (including phenoxy) is 1. The second-order valence-electron chi connectivity index (χ2n) is 13.8. The highest BCUT2D eigenvalue weighted by atomic mass is 16.5. The lowest BCUT2D eigenvalue weighted by Crippen LogP contribution is -2.50. The number of aliphatic imine (C=N–C) groups is 1. The monoisotopic (exact) mass is 766 g/mol. The highest BCUT2D eigenvalue weighted by Gasteiger charge is 2.38. The van der Waals surface area contributed by atoms with Crippen molar-refractivity contribution in [2.45, 2.75) is 36.8 Å². The third-order valence-electron chi connectivity index (χ3n) is 10.1. The van der Waals surface area contributed by atoms with Crippen molar-refractivity contribution in [2.75, 3.05) is 26.2 Å². The van der Waals surface area contributed by atoms with Crippen LogP contribution >= 0.6 is 0 Å². The van der Waals surface area contributed by atoms with E-state index in [1.54, 1.807) is 0 Å². The molecule has 0 radical (unpaired) electrons. The molecule has 0 saturated heterocycles. The summed E-state index contributed by atoms with van der Waals surface area (Å²) in [7, 11) is 0. The molecule has 5 aromatic carbocycles. The van der Waals surface area contributed by atoms with E-state index >= 15 is 0 Å². The number of nitrogens with zero attached hydrogens (tertiary/aromatic N) is 2. The Morgan fingerprint density at radius 1 is 0.719 bits per heavy atom. The number of rotatable bonds is 17. The number of carbonyl (C=O) groups excluding carboxylic acids is 3. The molecule has 0 saturated carbocycles. The Balaban J connectivity index is 1.24. The molecule has 0 spiro atoms. The van der Waals surface area contributed by atoms with E-state index in [9.17, 15) is 24.3 Å². The number of nitrogens with two attached hydrogens (primary N) is 2. The first-order chi connectivity index (χ1) is 27.7. The predicted octanol–water partition coefficient (Wildman–Crippen LogP) is 5.36. The van der Waals surface area contributed by atoms with Crippen molar-refractivity contribution in [2.24, 2.45) is 16.5 Å². The molecule has 12 nitrogen and oxygen atoms in total. The summed E-state index contributed by atoms with van der Waals surface area (Å²) in [5.74, 6) is -2.53. The molecule has 57 heavy (non-hydrogen) atoms. The van der Waals surface area contributed by atoms with Gasteiger partial charge in [-0.1, -0.05) is 140 Å². The predicted molar refractivity (Wildman–Crippen MR) is 218 cm³/mol. The lowest BCUT2D eigenvalue weighted by Gasteiger charge is -2.37. The third-order valence-corrected chi connectivity index (χ3v) is 10.1.